The summed E-state index contributed by atoms with van der Waals surface area (Å²) in [5.41, 5.74) is 3.11. The summed E-state index contributed by atoms with van der Waals surface area (Å²) in [6.45, 7) is 13.6. The Morgan fingerprint density at radius 2 is 1.87 bits per heavy atom. The van der Waals surface area contributed by atoms with E-state index in [1.165, 1.54) is 0 Å². The highest BCUT2D eigenvalue weighted by Gasteiger charge is 2.18. The van der Waals surface area contributed by atoms with Gasteiger partial charge in [-0.1, -0.05) is 20.8 Å². The van der Waals surface area contributed by atoms with Crippen LogP contribution in [0.3, 0.4) is 0 Å². The van der Waals surface area contributed by atoms with Crippen LogP contribution in [-0.4, -0.2) is 41.3 Å². The molecule has 2 aromatic heterocycles. The van der Waals surface area contributed by atoms with E-state index in [9.17, 15) is 0 Å². The third kappa shape index (κ3) is 3.96. The number of anilines is 1. The zero-order chi connectivity index (χ0) is 16.8. The monoisotopic (exact) mass is 316 g/mol. The second-order valence-electron chi connectivity index (χ2n) is 5.51. The van der Waals surface area contributed by atoms with Crippen LogP contribution in [0.25, 0.3) is 10.9 Å². The van der Waals surface area contributed by atoms with Crippen LogP contribution in [0.4, 0.5) is 5.82 Å². The normalized spacial score (nSPS) is 15.1. The molecule has 0 aliphatic carbocycles. The van der Waals surface area contributed by atoms with Crippen molar-refractivity contribution in [3.8, 4) is 0 Å². The minimum absolute atomic E-state index is 0.755. The van der Waals surface area contributed by atoms with Crippen LogP contribution in [-0.2, 0) is 11.2 Å². The van der Waals surface area contributed by atoms with E-state index in [4.69, 9.17) is 14.7 Å². The fraction of sp³-hybridized carbons (Fsp3) is 0.611. The topological polar surface area (TPSA) is 51.1 Å². The average Bonchev–Trinajstić information content (AvgIpc) is 2.84. The Bertz CT molecular complexity index is 644. The predicted octanol–water partition coefficient (Wildman–Crippen LogP) is 3.46. The predicted molar refractivity (Wildman–Crippen MR) is 95.2 cm³/mol. The molecule has 0 atom stereocenters. The van der Waals surface area contributed by atoms with Crippen molar-refractivity contribution >= 4 is 16.7 Å². The Balaban J connectivity index is 0.000000924. The third-order valence-corrected chi connectivity index (χ3v) is 3.83. The fourth-order valence-electron chi connectivity index (χ4n) is 2.90. The maximum atomic E-state index is 5.56. The number of aromatic nitrogens is 3. The number of ether oxygens (including phenoxy) is 1. The van der Waals surface area contributed by atoms with Crippen molar-refractivity contribution in [2.75, 3.05) is 31.2 Å². The molecule has 2 aromatic rings. The molecule has 3 rings (SSSR count). The van der Waals surface area contributed by atoms with Crippen LogP contribution in [0.15, 0.2) is 6.07 Å². The molecule has 5 nitrogen and oxygen atoms in total. The third-order valence-electron chi connectivity index (χ3n) is 3.83. The summed E-state index contributed by atoms with van der Waals surface area (Å²) in [6, 6.07) is 2.06. The first-order valence-electron chi connectivity index (χ1n) is 8.66. The smallest absolute Gasteiger partial charge is 0.142 e. The summed E-state index contributed by atoms with van der Waals surface area (Å²) >= 11 is 0. The first kappa shape index (κ1) is 17.6. The van der Waals surface area contributed by atoms with Gasteiger partial charge in [0, 0.05) is 25.4 Å². The average molecular weight is 316 g/mol. The molecule has 0 amide bonds. The van der Waals surface area contributed by atoms with Crippen molar-refractivity contribution in [3.63, 3.8) is 0 Å². The molecular weight excluding hydrogens is 288 g/mol. The van der Waals surface area contributed by atoms with Crippen LogP contribution >= 0.6 is 0 Å². The van der Waals surface area contributed by atoms with Crippen molar-refractivity contribution < 1.29 is 4.74 Å². The quantitative estimate of drug-likeness (QED) is 0.849. The summed E-state index contributed by atoms with van der Waals surface area (Å²) in [5.74, 6) is 1.84. The van der Waals surface area contributed by atoms with Gasteiger partial charge in [0.05, 0.1) is 23.2 Å². The molecule has 1 aliphatic rings. The van der Waals surface area contributed by atoms with Gasteiger partial charge in [-0.2, -0.15) is 0 Å². The SMILES string of the molecule is CC.CCc1nc(C)cc2nc(C)nc(N3CCCOCC3)c12. The lowest BCUT2D eigenvalue weighted by Crippen LogP contribution is -2.27. The van der Waals surface area contributed by atoms with Crippen molar-refractivity contribution in [2.24, 2.45) is 0 Å². The molecule has 1 fully saturated rings. The van der Waals surface area contributed by atoms with Gasteiger partial charge in [0.1, 0.15) is 11.6 Å². The van der Waals surface area contributed by atoms with E-state index < -0.39 is 0 Å². The van der Waals surface area contributed by atoms with Crippen molar-refractivity contribution in [2.45, 2.75) is 47.5 Å². The molecule has 0 unspecified atom stereocenters. The number of fused-ring (bicyclic) bond motifs is 1. The van der Waals surface area contributed by atoms with E-state index in [1.54, 1.807) is 0 Å². The van der Waals surface area contributed by atoms with Crippen LogP contribution < -0.4 is 4.90 Å². The largest absolute Gasteiger partial charge is 0.380 e. The van der Waals surface area contributed by atoms with Gasteiger partial charge in [-0.15, -0.1) is 0 Å². The molecule has 0 spiro atoms. The van der Waals surface area contributed by atoms with Crippen LogP contribution in [0.2, 0.25) is 0 Å². The highest BCUT2D eigenvalue weighted by Crippen LogP contribution is 2.28. The van der Waals surface area contributed by atoms with Gasteiger partial charge in [0.2, 0.25) is 0 Å². The van der Waals surface area contributed by atoms with Crippen LogP contribution in [0.1, 0.15) is 44.4 Å². The van der Waals surface area contributed by atoms with Crippen molar-refractivity contribution in [1.82, 2.24) is 15.0 Å². The standard InChI is InChI=1S/C16H22N4O.C2H6/c1-4-13-15-14(10-11(2)17-13)18-12(3)19-16(15)20-6-5-8-21-9-7-20;1-2/h10H,4-9H2,1-3H3;1-2H3. The Morgan fingerprint density at radius 3 is 2.61 bits per heavy atom. The number of aryl methyl sites for hydroxylation is 3. The van der Waals surface area contributed by atoms with E-state index in [-0.39, 0.29) is 0 Å². The highest BCUT2D eigenvalue weighted by atomic mass is 16.5. The zero-order valence-corrected chi connectivity index (χ0v) is 15.0. The second kappa shape index (κ2) is 8.20. The molecule has 0 aromatic carbocycles. The first-order chi connectivity index (χ1) is 11.2. The Morgan fingerprint density at radius 1 is 1.09 bits per heavy atom. The van der Waals surface area contributed by atoms with Crippen molar-refractivity contribution in [1.29, 1.82) is 0 Å². The maximum Gasteiger partial charge on any atom is 0.142 e. The molecule has 0 saturated carbocycles. The molecule has 0 bridgehead atoms. The molecule has 5 heteroatoms. The molecule has 0 radical (unpaired) electrons. The van der Waals surface area contributed by atoms with E-state index >= 15 is 0 Å². The Labute approximate surface area is 139 Å². The lowest BCUT2D eigenvalue weighted by Gasteiger charge is -2.23. The van der Waals surface area contributed by atoms with Gasteiger partial charge >= 0.3 is 0 Å². The number of pyridine rings is 1. The van der Waals surface area contributed by atoms with Gasteiger partial charge in [-0.25, -0.2) is 9.97 Å². The minimum Gasteiger partial charge on any atom is -0.380 e. The van der Waals surface area contributed by atoms with E-state index in [0.29, 0.717) is 0 Å². The summed E-state index contributed by atoms with van der Waals surface area (Å²) in [6.07, 6.45) is 1.92. The maximum absolute atomic E-state index is 5.56. The lowest BCUT2D eigenvalue weighted by molar-refractivity contribution is 0.152. The Hall–Kier alpha value is -1.75. The fourth-order valence-corrected chi connectivity index (χ4v) is 2.90. The van der Waals surface area contributed by atoms with E-state index in [2.05, 4.69) is 22.9 Å². The molecule has 23 heavy (non-hydrogen) atoms. The molecule has 1 aliphatic heterocycles. The first-order valence-corrected chi connectivity index (χ1v) is 8.66. The number of hydrogen-bond acceptors (Lipinski definition) is 5. The summed E-state index contributed by atoms with van der Waals surface area (Å²) in [7, 11) is 0. The Kier molecular flexibility index (Phi) is 6.28. The lowest BCUT2D eigenvalue weighted by atomic mass is 10.1. The van der Waals surface area contributed by atoms with Gasteiger partial charge in [0.25, 0.3) is 0 Å². The molecule has 126 valence electrons. The van der Waals surface area contributed by atoms with Crippen LogP contribution in [0.5, 0.6) is 0 Å². The zero-order valence-electron chi connectivity index (χ0n) is 15.0. The number of hydrogen-bond donors (Lipinski definition) is 0. The van der Waals surface area contributed by atoms with Crippen LogP contribution in [0, 0.1) is 13.8 Å². The summed E-state index contributed by atoms with van der Waals surface area (Å²) < 4.78 is 5.56. The molecule has 0 N–H and O–H groups in total. The minimum atomic E-state index is 0.755. The summed E-state index contributed by atoms with van der Waals surface area (Å²) in [5, 5.41) is 1.11. The molecule has 3 heterocycles. The van der Waals surface area contributed by atoms with Gasteiger partial charge in [0.15, 0.2) is 0 Å². The van der Waals surface area contributed by atoms with Gasteiger partial charge in [-0.05, 0) is 32.8 Å². The number of rotatable bonds is 2. The van der Waals surface area contributed by atoms with Gasteiger partial charge < -0.3 is 9.64 Å². The van der Waals surface area contributed by atoms with Crippen molar-refractivity contribution in [3.05, 3.63) is 23.3 Å². The highest BCUT2D eigenvalue weighted by molar-refractivity contribution is 5.92. The van der Waals surface area contributed by atoms with E-state index in [1.807, 2.05) is 27.7 Å². The summed E-state index contributed by atoms with van der Waals surface area (Å²) in [4.78, 5) is 16.3. The number of nitrogens with zero attached hydrogens (tertiary/aromatic N) is 4. The van der Waals surface area contributed by atoms with Gasteiger partial charge in [-0.3, -0.25) is 4.98 Å². The molecular formula is C18H28N4O. The second-order valence-corrected chi connectivity index (χ2v) is 5.51. The van der Waals surface area contributed by atoms with E-state index in [0.717, 1.165) is 73.1 Å². The molecule has 1 saturated heterocycles.